The van der Waals surface area contributed by atoms with E-state index in [0.29, 0.717) is 6.54 Å². The van der Waals surface area contributed by atoms with E-state index in [2.05, 4.69) is 21.4 Å². The third-order valence-electron chi connectivity index (χ3n) is 6.20. The van der Waals surface area contributed by atoms with E-state index in [0.717, 1.165) is 26.6 Å². The predicted octanol–water partition coefficient (Wildman–Crippen LogP) is 2.68. The third-order valence-corrected chi connectivity index (χ3v) is 6.20. The summed E-state index contributed by atoms with van der Waals surface area (Å²) in [6.07, 6.45) is 1.98. The number of aromatic nitrogens is 4. The number of para-hydroxylation sites is 1. The second-order valence-electron chi connectivity index (χ2n) is 8.24. The van der Waals surface area contributed by atoms with Crippen LogP contribution in [0, 0.1) is 0 Å². The Labute approximate surface area is 194 Å². The topological polar surface area (TPSA) is 102 Å². The summed E-state index contributed by atoms with van der Waals surface area (Å²) in [4.78, 5) is 45.4. The summed E-state index contributed by atoms with van der Waals surface area (Å²) in [6, 6.07) is 21.1. The van der Waals surface area contributed by atoms with Crippen LogP contribution in [0.5, 0.6) is 0 Å². The number of aromatic amines is 1. The van der Waals surface area contributed by atoms with Crippen LogP contribution in [0.25, 0.3) is 21.9 Å². The molecule has 8 heteroatoms. The Hall–Kier alpha value is -4.46. The lowest BCUT2D eigenvalue weighted by molar-refractivity contribution is 0.0947. The van der Waals surface area contributed by atoms with E-state index in [9.17, 15) is 14.4 Å². The van der Waals surface area contributed by atoms with Crippen LogP contribution in [-0.2, 0) is 14.1 Å². The van der Waals surface area contributed by atoms with Gasteiger partial charge in [0.1, 0.15) is 11.3 Å². The lowest BCUT2D eigenvalue weighted by Crippen LogP contribution is -2.37. The van der Waals surface area contributed by atoms with Gasteiger partial charge in [0.25, 0.3) is 11.5 Å². The standard InChI is InChI=1S/C26H23N5O3/c1-30-23-18(25(33)31(2)26(30)34)12-13-22(29-23)24(32)28-14-19(16-8-4-3-5-9-16)20-15-27-21-11-7-6-10-17(20)21/h3-13,15,19,27H,14H2,1-2H3,(H,28,32)/t19-/m0/s1. The van der Waals surface area contributed by atoms with Crippen LogP contribution in [0.3, 0.4) is 0 Å². The quantitative estimate of drug-likeness (QED) is 0.427. The van der Waals surface area contributed by atoms with Crippen molar-refractivity contribution in [2.75, 3.05) is 6.54 Å². The first kappa shape index (κ1) is 21.4. The minimum Gasteiger partial charge on any atom is -0.361 e. The number of hydrogen-bond acceptors (Lipinski definition) is 4. The molecule has 8 nitrogen and oxygen atoms in total. The summed E-state index contributed by atoms with van der Waals surface area (Å²) in [5, 5.41) is 4.37. The molecule has 0 radical (unpaired) electrons. The summed E-state index contributed by atoms with van der Waals surface area (Å²) < 4.78 is 2.29. The van der Waals surface area contributed by atoms with Gasteiger partial charge in [0.05, 0.1) is 5.39 Å². The van der Waals surface area contributed by atoms with Gasteiger partial charge in [-0.05, 0) is 29.3 Å². The largest absolute Gasteiger partial charge is 0.361 e. The fourth-order valence-electron chi connectivity index (χ4n) is 4.34. The maximum absolute atomic E-state index is 13.1. The summed E-state index contributed by atoms with van der Waals surface area (Å²) >= 11 is 0. The molecular formula is C26H23N5O3. The van der Waals surface area contributed by atoms with Crippen LogP contribution in [0.4, 0.5) is 0 Å². The van der Waals surface area contributed by atoms with Crippen LogP contribution in [0.1, 0.15) is 27.5 Å². The van der Waals surface area contributed by atoms with Crippen LogP contribution in [-0.4, -0.2) is 31.6 Å². The van der Waals surface area contributed by atoms with E-state index in [-0.39, 0.29) is 28.6 Å². The number of carbonyl (C=O) groups excluding carboxylic acids is 1. The van der Waals surface area contributed by atoms with E-state index in [1.807, 2.05) is 54.7 Å². The first-order valence-electron chi connectivity index (χ1n) is 10.9. The Morgan fingerprint density at radius 2 is 1.68 bits per heavy atom. The van der Waals surface area contributed by atoms with Crippen molar-refractivity contribution in [1.82, 2.24) is 24.4 Å². The molecule has 2 N–H and O–H groups in total. The van der Waals surface area contributed by atoms with Crippen molar-refractivity contribution in [2.45, 2.75) is 5.92 Å². The number of hydrogen-bond donors (Lipinski definition) is 2. The fourth-order valence-corrected chi connectivity index (χ4v) is 4.34. The van der Waals surface area contributed by atoms with Crippen LogP contribution < -0.4 is 16.6 Å². The van der Waals surface area contributed by atoms with Gasteiger partial charge in [-0.25, -0.2) is 9.78 Å². The Bertz CT molecular complexity index is 1650. The van der Waals surface area contributed by atoms with Gasteiger partial charge in [0.2, 0.25) is 0 Å². The minimum atomic E-state index is -0.494. The predicted molar refractivity (Wildman–Crippen MR) is 131 cm³/mol. The Morgan fingerprint density at radius 3 is 2.47 bits per heavy atom. The molecule has 2 aromatic carbocycles. The number of H-pyrrole nitrogens is 1. The van der Waals surface area contributed by atoms with Crippen molar-refractivity contribution in [1.29, 1.82) is 0 Å². The molecule has 5 aromatic rings. The zero-order valence-corrected chi connectivity index (χ0v) is 18.8. The van der Waals surface area contributed by atoms with Crippen molar-refractivity contribution >= 4 is 27.8 Å². The summed E-state index contributed by atoms with van der Waals surface area (Å²) in [7, 11) is 2.94. The zero-order chi connectivity index (χ0) is 23.8. The molecule has 0 aliphatic carbocycles. The molecule has 0 aliphatic heterocycles. The second kappa shape index (κ2) is 8.47. The molecule has 3 aromatic heterocycles. The van der Waals surface area contributed by atoms with Gasteiger partial charge in [0, 0.05) is 43.7 Å². The number of aryl methyl sites for hydroxylation is 1. The summed E-state index contributed by atoms with van der Waals surface area (Å²) in [5.41, 5.74) is 2.57. The van der Waals surface area contributed by atoms with E-state index in [1.165, 1.54) is 30.8 Å². The highest BCUT2D eigenvalue weighted by Crippen LogP contribution is 2.30. The highest BCUT2D eigenvalue weighted by molar-refractivity contribution is 5.94. The molecule has 0 saturated heterocycles. The number of carbonyl (C=O) groups is 1. The number of rotatable bonds is 5. The molecule has 1 atom stereocenters. The van der Waals surface area contributed by atoms with Gasteiger partial charge in [-0.1, -0.05) is 48.5 Å². The zero-order valence-electron chi connectivity index (χ0n) is 18.8. The van der Waals surface area contributed by atoms with E-state index >= 15 is 0 Å². The molecule has 170 valence electrons. The molecule has 0 saturated carbocycles. The fraction of sp³-hybridized carbons (Fsp3) is 0.154. The number of benzene rings is 2. The smallest absolute Gasteiger partial charge is 0.332 e. The highest BCUT2D eigenvalue weighted by atomic mass is 16.2. The molecule has 5 rings (SSSR count). The van der Waals surface area contributed by atoms with Gasteiger partial charge in [-0.3, -0.25) is 18.7 Å². The van der Waals surface area contributed by atoms with Crippen LogP contribution in [0.2, 0.25) is 0 Å². The molecule has 0 bridgehead atoms. The average Bonchev–Trinajstić information content (AvgIpc) is 3.30. The molecule has 0 aliphatic rings. The number of amides is 1. The lowest BCUT2D eigenvalue weighted by atomic mass is 9.91. The summed E-state index contributed by atoms with van der Waals surface area (Å²) in [6.45, 7) is 0.347. The van der Waals surface area contributed by atoms with Crippen LogP contribution in [0.15, 0.2) is 82.5 Å². The van der Waals surface area contributed by atoms with Crippen molar-refractivity contribution in [3.05, 3.63) is 111 Å². The van der Waals surface area contributed by atoms with Gasteiger partial charge < -0.3 is 10.3 Å². The van der Waals surface area contributed by atoms with Crippen molar-refractivity contribution in [2.24, 2.45) is 14.1 Å². The number of fused-ring (bicyclic) bond motifs is 2. The number of nitrogens with zero attached hydrogens (tertiary/aromatic N) is 3. The van der Waals surface area contributed by atoms with Gasteiger partial charge in [-0.15, -0.1) is 0 Å². The SMILES string of the molecule is Cn1c(=O)c2ccc(C(=O)NC[C@@H](c3ccccc3)c3c[nH]c4ccccc34)nc2n(C)c1=O. The highest BCUT2D eigenvalue weighted by Gasteiger charge is 2.20. The van der Waals surface area contributed by atoms with E-state index in [4.69, 9.17) is 0 Å². The van der Waals surface area contributed by atoms with Crippen LogP contribution >= 0.6 is 0 Å². The van der Waals surface area contributed by atoms with Gasteiger partial charge in [0.15, 0.2) is 0 Å². The molecule has 1 amide bonds. The lowest BCUT2D eigenvalue weighted by Gasteiger charge is -2.18. The summed E-state index contributed by atoms with van der Waals surface area (Å²) in [5.74, 6) is -0.464. The van der Waals surface area contributed by atoms with Gasteiger partial charge in [-0.2, -0.15) is 0 Å². The molecule has 3 heterocycles. The Kier molecular flexibility index (Phi) is 5.33. The molecular weight excluding hydrogens is 430 g/mol. The first-order valence-corrected chi connectivity index (χ1v) is 10.9. The maximum atomic E-state index is 13.1. The molecule has 0 fully saturated rings. The molecule has 0 unspecified atom stereocenters. The van der Waals surface area contributed by atoms with Crippen molar-refractivity contribution in [3.8, 4) is 0 Å². The minimum absolute atomic E-state index is 0.0848. The number of pyridine rings is 1. The normalized spacial score (nSPS) is 12.2. The Morgan fingerprint density at radius 1 is 0.941 bits per heavy atom. The first-order chi connectivity index (χ1) is 16.5. The number of nitrogens with one attached hydrogen (secondary N) is 2. The third kappa shape index (κ3) is 3.59. The second-order valence-corrected chi connectivity index (χ2v) is 8.24. The molecule has 0 spiro atoms. The maximum Gasteiger partial charge on any atom is 0.332 e. The monoisotopic (exact) mass is 453 g/mol. The molecule has 34 heavy (non-hydrogen) atoms. The van der Waals surface area contributed by atoms with Gasteiger partial charge >= 0.3 is 5.69 Å². The average molecular weight is 454 g/mol. The van der Waals surface area contributed by atoms with E-state index in [1.54, 1.807) is 0 Å². The van der Waals surface area contributed by atoms with E-state index < -0.39 is 11.2 Å². The Balaban J connectivity index is 1.48. The van der Waals surface area contributed by atoms with Crippen molar-refractivity contribution in [3.63, 3.8) is 0 Å². The van der Waals surface area contributed by atoms with Crippen molar-refractivity contribution < 1.29 is 4.79 Å².